The second-order valence-electron chi connectivity index (χ2n) is 3.76. The molecule has 20 heavy (non-hydrogen) atoms. The number of hydrogen-bond donors (Lipinski definition) is 1. The second kappa shape index (κ2) is 5.71. The summed E-state index contributed by atoms with van der Waals surface area (Å²) in [6, 6.07) is 9.30. The van der Waals surface area contributed by atoms with Gasteiger partial charge < -0.3 is 14.6 Å². The van der Waals surface area contributed by atoms with Crippen molar-refractivity contribution in [1.29, 1.82) is 5.26 Å². The molecule has 0 aliphatic rings. The Labute approximate surface area is 114 Å². The predicted octanol–water partition coefficient (Wildman–Crippen LogP) is 2.45. The molecule has 0 aliphatic carbocycles. The van der Waals surface area contributed by atoms with E-state index >= 15 is 0 Å². The number of nitriles is 1. The number of nitrogens with zero attached hydrogens (tertiary/aromatic N) is 2. The molecule has 0 spiro atoms. The van der Waals surface area contributed by atoms with Gasteiger partial charge in [-0.3, -0.25) is 0 Å². The van der Waals surface area contributed by atoms with E-state index in [0.717, 1.165) is 0 Å². The van der Waals surface area contributed by atoms with E-state index in [4.69, 9.17) is 19.8 Å². The molecule has 0 atom stereocenters. The number of hydrogen-bond acceptors (Lipinski definition) is 5. The molecule has 0 radical (unpaired) electrons. The Bertz CT molecular complexity index is 675. The average Bonchev–Trinajstić information content (AvgIpc) is 2.48. The van der Waals surface area contributed by atoms with Crippen LogP contribution in [0.1, 0.15) is 16.1 Å². The van der Waals surface area contributed by atoms with E-state index in [9.17, 15) is 4.79 Å². The summed E-state index contributed by atoms with van der Waals surface area (Å²) in [5, 5.41) is 17.6. The largest absolute Gasteiger partial charge is 0.493 e. The molecule has 0 unspecified atom stereocenters. The molecule has 6 nitrogen and oxygen atoms in total. The number of aromatic carboxylic acids is 1. The Morgan fingerprint density at radius 1 is 1.30 bits per heavy atom. The Morgan fingerprint density at radius 3 is 2.65 bits per heavy atom. The molecular formula is C14H10N2O4. The van der Waals surface area contributed by atoms with Crippen molar-refractivity contribution < 1.29 is 19.4 Å². The average molecular weight is 270 g/mol. The molecule has 2 rings (SSSR count). The van der Waals surface area contributed by atoms with E-state index in [-0.39, 0.29) is 11.3 Å². The maximum atomic E-state index is 10.9. The number of pyridine rings is 1. The number of benzene rings is 1. The van der Waals surface area contributed by atoms with Crippen molar-refractivity contribution in [3.8, 4) is 23.3 Å². The van der Waals surface area contributed by atoms with Gasteiger partial charge in [0.25, 0.3) is 0 Å². The molecule has 2 aromatic rings. The van der Waals surface area contributed by atoms with Crippen LogP contribution in [-0.4, -0.2) is 23.2 Å². The number of aromatic nitrogens is 1. The van der Waals surface area contributed by atoms with Crippen LogP contribution in [-0.2, 0) is 0 Å². The first-order chi connectivity index (χ1) is 9.63. The van der Waals surface area contributed by atoms with E-state index in [1.807, 2.05) is 6.07 Å². The topological polar surface area (TPSA) is 92.4 Å². The maximum Gasteiger partial charge on any atom is 0.335 e. The number of carbonyl (C=O) groups is 1. The van der Waals surface area contributed by atoms with E-state index in [0.29, 0.717) is 17.2 Å². The van der Waals surface area contributed by atoms with Gasteiger partial charge in [-0.25, -0.2) is 9.78 Å². The van der Waals surface area contributed by atoms with Crippen molar-refractivity contribution in [2.75, 3.05) is 7.11 Å². The van der Waals surface area contributed by atoms with E-state index in [1.165, 1.54) is 37.6 Å². The van der Waals surface area contributed by atoms with Crippen LogP contribution >= 0.6 is 0 Å². The van der Waals surface area contributed by atoms with Gasteiger partial charge in [-0.15, -0.1) is 0 Å². The highest BCUT2D eigenvalue weighted by Gasteiger charge is 2.11. The predicted molar refractivity (Wildman–Crippen MR) is 69.0 cm³/mol. The lowest BCUT2D eigenvalue weighted by Gasteiger charge is -2.10. The molecule has 1 heterocycles. The lowest BCUT2D eigenvalue weighted by atomic mass is 10.2. The number of carboxylic acids is 1. The van der Waals surface area contributed by atoms with Gasteiger partial charge in [0, 0.05) is 0 Å². The van der Waals surface area contributed by atoms with Crippen LogP contribution in [0.15, 0.2) is 36.5 Å². The van der Waals surface area contributed by atoms with Crippen LogP contribution in [0, 0.1) is 11.3 Å². The van der Waals surface area contributed by atoms with Gasteiger partial charge in [0.05, 0.1) is 18.9 Å². The minimum absolute atomic E-state index is 0.104. The fourth-order valence-corrected chi connectivity index (χ4v) is 1.52. The van der Waals surface area contributed by atoms with Crippen molar-refractivity contribution in [1.82, 2.24) is 4.98 Å². The van der Waals surface area contributed by atoms with E-state index < -0.39 is 5.97 Å². The molecule has 1 aromatic heterocycles. The van der Waals surface area contributed by atoms with Gasteiger partial charge in [-0.2, -0.15) is 5.26 Å². The zero-order valence-corrected chi connectivity index (χ0v) is 10.5. The monoisotopic (exact) mass is 270 g/mol. The first-order valence-electron chi connectivity index (χ1n) is 5.59. The zero-order valence-electron chi connectivity index (χ0n) is 10.5. The van der Waals surface area contributed by atoms with Crippen molar-refractivity contribution in [3.05, 3.63) is 47.8 Å². The standard InChI is InChI=1S/C14H10N2O4/c1-19-13-6-9(14(17)18)2-5-12(13)20-11-4-3-10(7-15)16-8-11/h2-6,8H,1H3,(H,17,18). The Kier molecular flexibility index (Phi) is 3.82. The molecule has 100 valence electrons. The molecule has 0 bridgehead atoms. The Balaban J connectivity index is 2.28. The molecule has 0 amide bonds. The molecule has 0 fully saturated rings. The van der Waals surface area contributed by atoms with Crippen molar-refractivity contribution in [3.63, 3.8) is 0 Å². The fourth-order valence-electron chi connectivity index (χ4n) is 1.52. The van der Waals surface area contributed by atoms with Crippen LogP contribution in [0.2, 0.25) is 0 Å². The quantitative estimate of drug-likeness (QED) is 0.917. The minimum atomic E-state index is -1.05. The molecule has 0 saturated carbocycles. The summed E-state index contributed by atoms with van der Waals surface area (Å²) in [4.78, 5) is 14.7. The highest BCUT2D eigenvalue weighted by atomic mass is 16.5. The minimum Gasteiger partial charge on any atom is -0.493 e. The van der Waals surface area contributed by atoms with Crippen LogP contribution in [0.5, 0.6) is 17.2 Å². The van der Waals surface area contributed by atoms with Gasteiger partial charge in [-0.1, -0.05) is 0 Å². The third-order valence-electron chi connectivity index (χ3n) is 2.49. The van der Waals surface area contributed by atoms with Gasteiger partial charge in [0.1, 0.15) is 17.5 Å². The Morgan fingerprint density at radius 2 is 2.10 bits per heavy atom. The van der Waals surface area contributed by atoms with Gasteiger partial charge in [-0.05, 0) is 30.3 Å². The first-order valence-corrected chi connectivity index (χ1v) is 5.59. The summed E-state index contributed by atoms with van der Waals surface area (Å²) in [6.07, 6.45) is 1.41. The SMILES string of the molecule is COc1cc(C(=O)O)ccc1Oc1ccc(C#N)nc1. The summed E-state index contributed by atoms with van der Waals surface area (Å²) in [5.74, 6) is 0.0403. The number of ether oxygens (including phenoxy) is 2. The highest BCUT2D eigenvalue weighted by Crippen LogP contribution is 2.32. The van der Waals surface area contributed by atoms with Crippen LogP contribution in [0.4, 0.5) is 0 Å². The van der Waals surface area contributed by atoms with Crippen molar-refractivity contribution in [2.24, 2.45) is 0 Å². The Hall–Kier alpha value is -3.07. The third kappa shape index (κ3) is 2.84. The summed E-state index contributed by atoms with van der Waals surface area (Å²) in [7, 11) is 1.42. The maximum absolute atomic E-state index is 10.9. The molecule has 1 aromatic carbocycles. The van der Waals surface area contributed by atoms with Gasteiger partial charge in [0.2, 0.25) is 0 Å². The second-order valence-corrected chi connectivity index (χ2v) is 3.76. The first kappa shape index (κ1) is 13.4. The summed E-state index contributed by atoms with van der Waals surface area (Å²) < 4.78 is 10.6. The smallest absolute Gasteiger partial charge is 0.335 e. The lowest BCUT2D eigenvalue weighted by Crippen LogP contribution is -1.98. The van der Waals surface area contributed by atoms with Crippen molar-refractivity contribution in [2.45, 2.75) is 0 Å². The summed E-state index contributed by atoms with van der Waals surface area (Å²) >= 11 is 0. The molecule has 0 saturated heterocycles. The van der Waals surface area contributed by atoms with Gasteiger partial charge >= 0.3 is 5.97 Å². The molecule has 0 aliphatic heterocycles. The number of carboxylic acid groups (broad SMARTS) is 1. The van der Waals surface area contributed by atoms with Gasteiger partial charge in [0.15, 0.2) is 11.5 Å². The van der Waals surface area contributed by atoms with Crippen LogP contribution < -0.4 is 9.47 Å². The van der Waals surface area contributed by atoms with Crippen molar-refractivity contribution >= 4 is 5.97 Å². The summed E-state index contributed by atoms with van der Waals surface area (Å²) in [6.45, 7) is 0. The molecular weight excluding hydrogens is 260 g/mol. The number of methoxy groups -OCH3 is 1. The fraction of sp³-hybridized carbons (Fsp3) is 0.0714. The molecule has 1 N–H and O–H groups in total. The number of rotatable bonds is 4. The van der Waals surface area contributed by atoms with E-state index in [2.05, 4.69) is 4.98 Å². The molecule has 6 heteroatoms. The zero-order chi connectivity index (χ0) is 14.5. The normalized spacial score (nSPS) is 9.60. The van der Waals surface area contributed by atoms with Crippen LogP contribution in [0.3, 0.4) is 0 Å². The highest BCUT2D eigenvalue weighted by molar-refractivity contribution is 5.88. The third-order valence-corrected chi connectivity index (χ3v) is 2.49. The van der Waals surface area contributed by atoms with E-state index in [1.54, 1.807) is 6.07 Å². The van der Waals surface area contributed by atoms with Crippen LogP contribution in [0.25, 0.3) is 0 Å². The lowest BCUT2D eigenvalue weighted by molar-refractivity contribution is 0.0696. The summed E-state index contributed by atoms with van der Waals surface area (Å²) in [5.41, 5.74) is 0.387.